The van der Waals surface area contributed by atoms with Crippen LogP contribution in [0.2, 0.25) is 0 Å². The van der Waals surface area contributed by atoms with E-state index in [1.54, 1.807) is 11.3 Å². The van der Waals surface area contributed by atoms with Gasteiger partial charge in [0.05, 0.1) is 5.56 Å². The van der Waals surface area contributed by atoms with Gasteiger partial charge in [-0.3, -0.25) is 4.79 Å². The van der Waals surface area contributed by atoms with E-state index in [0.29, 0.717) is 0 Å². The van der Waals surface area contributed by atoms with E-state index in [9.17, 15) is 4.79 Å². The van der Waals surface area contributed by atoms with Crippen LogP contribution in [0.15, 0.2) is 6.07 Å². The molecule has 1 rings (SSSR count). The fourth-order valence-corrected chi connectivity index (χ4v) is 2.45. The third-order valence-corrected chi connectivity index (χ3v) is 3.32. The maximum absolute atomic E-state index is 11.7. The molecule has 1 aromatic heterocycles. The summed E-state index contributed by atoms with van der Waals surface area (Å²) in [5, 5.41) is 2.96. The molecule has 0 fully saturated rings. The van der Waals surface area contributed by atoms with E-state index in [0.717, 1.165) is 23.4 Å². The lowest BCUT2D eigenvalue weighted by Gasteiger charge is -2.03. The van der Waals surface area contributed by atoms with E-state index in [-0.39, 0.29) is 5.91 Å². The highest BCUT2D eigenvalue weighted by Crippen LogP contribution is 2.20. The number of hydrogen-bond donors (Lipinski definition) is 1. The second kappa shape index (κ2) is 5.91. The Morgan fingerprint density at radius 1 is 1.40 bits per heavy atom. The Hall–Kier alpha value is -0.830. The van der Waals surface area contributed by atoms with E-state index in [1.807, 2.05) is 19.9 Å². The van der Waals surface area contributed by atoms with Gasteiger partial charge in [-0.15, -0.1) is 11.3 Å². The second-order valence-electron chi connectivity index (χ2n) is 3.79. The first kappa shape index (κ1) is 12.2. The fourth-order valence-electron chi connectivity index (χ4n) is 1.53. The van der Waals surface area contributed by atoms with Crippen LogP contribution >= 0.6 is 11.3 Å². The van der Waals surface area contributed by atoms with Crippen molar-refractivity contribution in [2.45, 2.75) is 40.0 Å². The summed E-state index contributed by atoms with van der Waals surface area (Å²) >= 11 is 1.68. The highest BCUT2D eigenvalue weighted by molar-refractivity contribution is 7.12. The van der Waals surface area contributed by atoms with E-state index in [4.69, 9.17) is 0 Å². The van der Waals surface area contributed by atoms with Crippen molar-refractivity contribution in [2.75, 3.05) is 6.54 Å². The van der Waals surface area contributed by atoms with Gasteiger partial charge in [0.15, 0.2) is 0 Å². The molecule has 0 aliphatic carbocycles. The summed E-state index contributed by atoms with van der Waals surface area (Å²) in [4.78, 5) is 14.0. The summed E-state index contributed by atoms with van der Waals surface area (Å²) < 4.78 is 0. The molecule has 0 atom stereocenters. The van der Waals surface area contributed by atoms with Crippen LogP contribution in [0.1, 0.15) is 46.3 Å². The van der Waals surface area contributed by atoms with Crippen molar-refractivity contribution in [1.82, 2.24) is 5.32 Å². The molecule has 0 unspecified atom stereocenters. The standard InChI is InChI=1S/C12H19NOS/c1-4-5-6-7-13-12(14)11-8-9(2)15-10(11)3/h8H,4-7H2,1-3H3,(H,13,14). The van der Waals surface area contributed by atoms with Gasteiger partial charge in [0.2, 0.25) is 0 Å². The number of unbranched alkanes of at least 4 members (excludes halogenated alkanes) is 2. The zero-order valence-electron chi connectivity index (χ0n) is 9.72. The largest absolute Gasteiger partial charge is 0.352 e. The molecule has 1 N–H and O–H groups in total. The summed E-state index contributed by atoms with van der Waals surface area (Å²) in [6.45, 7) is 6.99. The number of carbonyl (C=O) groups is 1. The summed E-state index contributed by atoms with van der Waals surface area (Å²) in [6.07, 6.45) is 3.44. The average Bonchev–Trinajstić information content (AvgIpc) is 2.52. The molecule has 0 bridgehead atoms. The second-order valence-corrected chi connectivity index (χ2v) is 5.25. The third-order valence-electron chi connectivity index (χ3n) is 2.35. The Morgan fingerprint density at radius 3 is 2.67 bits per heavy atom. The molecular formula is C12H19NOS. The van der Waals surface area contributed by atoms with Crippen LogP contribution in [-0.2, 0) is 0 Å². The van der Waals surface area contributed by atoms with Crippen molar-refractivity contribution < 1.29 is 4.79 Å². The van der Waals surface area contributed by atoms with Crippen molar-refractivity contribution in [3.63, 3.8) is 0 Å². The predicted molar refractivity (Wildman–Crippen MR) is 65.7 cm³/mol. The summed E-state index contributed by atoms with van der Waals surface area (Å²) in [5.74, 6) is 0.0768. The molecule has 84 valence electrons. The van der Waals surface area contributed by atoms with Gasteiger partial charge in [0.25, 0.3) is 5.91 Å². The van der Waals surface area contributed by atoms with E-state index in [1.165, 1.54) is 17.7 Å². The maximum atomic E-state index is 11.7. The maximum Gasteiger partial charge on any atom is 0.252 e. The summed E-state index contributed by atoms with van der Waals surface area (Å²) in [6, 6.07) is 1.97. The molecule has 1 aromatic rings. The molecule has 0 spiro atoms. The molecule has 15 heavy (non-hydrogen) atoms. The first-order valence-corrected chi connectivity index (χ1v) is 6.32. The molecule has 0 saturated heterocycles. The molecule has 0 saturated carbocycles. The Labute approximate surface area is 95.7 Å². The van der Waals surface area contributed by atoms with Gasteiger partial charge in [-0.2, -0.15) is 0 Å². The van der Waals surface area contributed by atoms with Crippen LogP contribution in [0.25, 0.3) is 0 Å². The lowest BCUT2D eigenvalue weighted by Crippen LogP contribution is -2.24. The number of hydrogen-bond acceptors (Lipinski definition) is 2. The van der Waals surface area contributed by atoms with Crippen LogP contribution < -0.4 is 5.32 Å². The van der Waals surface area contributed by atoms with Gasteiger partial charge in [-0.1, -0.05) is 19.8 Å². The summed E-state index contributed by atoms with van der Waals surface area (Å²) in [7, 11) is 0. The first-order valence-electron chi connectivity index (χ1n) is 5.50. The molecule has 3 heteroatoms. The minimum Gasteiger partial charge on any atom is -0.352 e. The third kappa shape index (κ3) is 3.67. The highest BCUT2D eigenvalue weighted by Gasteiger charge is 2.10. The first-order chi connectivity index (χ1) is 7.15. The monoisotopic (exact) mass is 225 g/mol. The lowest BCUT2D eigenvalue weighted by atomic mass is 10.2. The number of amides is 1. The normalized spacial score (nSPS) is 10.3. The van der Waals surface area contributed by atoms with Crippen LogP contribution in [0.3, 0.4) is 0 Å². The quantitative estimate of drug-likeness (QED) is 0.765. The predicted octanol–water partition coefficient (Wildman–Crippen LogP) is 3.28. The molecule has 0 radical (unpaired) electrons. The van der Waals surface area contributed by atoms with Crippen molar-refractivity contribution >= 4 is 17.2 Å². The van der Waals surface area contributed by atoms with Gasteiger partial charge in [0, 0.05) is 16.3 Å². The minimum atomic E-state index is 0.0768. The molecule has 0 aliphatic rings. The van der Waals surface area contributed by atoms with E-state index in [2.05, 4.69) is 12.2 Å². The minimum absolute atomic E-state index is 0.0768. The topological polar surface area (TPSA) is 29.1 Å². The van der Waals surface area contributed by atoms with Crippen LogP contribution in [0.4, 0.5) is 0 Å². The van der Waals surface area contributed by atoms with Crippen molar-refractivity contribution in [2.24, 2.45) is 0 Å². The average molecular weight is 225 g/mol. The van der Waals surface area contributed by atoms with Gasteiger partial charge in [-0.05, 0) is 26.3 Å². The van der Waals surface area contributed by atoms with Gasteiger partial charge in [0.1, 0.15) is 0 Å². The van der Waals surface area contributed by atoms with E-state index >= 15 is 0 Å². The zero-order valence-corrected chi connectivity index (χ0v) is 10.5. The number of carbonyl (C=O) groups excluding carboxylic acids is 1. The Bertz CT molecular complexity index is 330. The number of nitrogens with one attached hydrogen (secondary N) is 1. The zero-order chi connectivity index (χ0) is 11.3. The Kier molecular flexibility index (Phi) is 4.82. The molecule has 0 aromatic carbocycles. The fraction of sp³-hybridized carbons (Fsp3) is 0.583. The molecule has 2 nitrogen and oxygen atoms in total. The summed E-state index contributed by atoms with van der Waals surface area (Å²) in [5.41, 5.74) is 0.842. The molecule has 1 heterocycles. The SMILES string of the molecule is CCCCCNC(=O)c1cc(C)sc1C. The van der Waals surface area contributed by atoms with Crippen LogP contribution in [0, 0.1) is 13.8 Å². The number of aryl methyl sites for hydroxylation is 2. The van der Waals surface area contributed by atoms with Crippen LogP contribution in [0.5, 0.6) is 0 Å². The number of rotatable bonds is 5. The van der Waals surface area contributed by atoms with Crippen LogP contribution in [-0.4, -0.2) is 12.5 Å². The van der Waals surface area contributed by atoms with Crippen molar-refractivity contribution in [3.8, 4) is 0 Å². The van der Waals surface area contributed by atoms with Crippen molar-refractivity contribution in [1.29, 1.82) is 0 Å². The molecule has 0 aliphatic heterocycles. The van der Waals surface area contributed by atoms with E-state index < -0.39 is 0 Å². The molecular weight excluding hydrogens is 206 g/mol. The lowest BCUT2D eigenvalue weighted by molar-refractivity contribution is 0.0953. The number of thiophene rings is 1. The smallest absolute Gasteiger partial charge is 0.252 e. The molecule has 1 amide bonds. The Balaban J connectivity index is 2.43. The van der Waals surface area contributed by atoms with Gasteiger partial charge < -0.3 is 5.32 Å². The van der Waals surface area contributed by atoms with Gasteiger partial charge in [-0.25, -0.2) is 0 Å². The van der Waals surface area contributed by atoms with Gasteiger partial charge >= 0.3 is 0 Å². The Morgan fingerprint density at radius 2 is 2.13 bits per heavy atom. The highest BCUT2D eigenvalue weighted by atomic mass is 32.1. The van der Waals surface area contributed by atoms with Crippen molar-refractivity contribution in [3.05, 3.63) is 21.4 Å².